The van der Waals surface area contributed by atoms with Crippen LogP contribution in [-0.4, -0.2) is 147 Å². The Morgan fingerprint density at radius 3 is 1.02 bits per heavy atom. The summed E-state index contributed by atoms with van der Waals surface area (Å²) in [5, 5.41) is 2.47. The Bertz CT molecular complexity index is 1320. The van der Waals surface area contributed by atoms with Crippen molar-refractivity contribution < 1.29 is 56.6 Å². The molecule has 13 heteroatoms. The minimum absolute atomic E-state index is 0.0602. The highest BCUT2D eigenvalue weighted by molar-refractivity contribution is 6.99. The summed E-state index contributed by atoms with van der Waals surface area (Å²) in [6, 6.07) is 28.2. The van der Waals surface area contributed by atoms with Crippen molar-refractivity contribution in [1.82, 2.24) is 0 Å². The van der Waals surface area contributed by atoms with Gasteiger partial charge in [0.1, 0.15) is 18.6 Å². The smallest absolute Gasteiger partial charge is 0.261 e. The normalized spacial score (nSPS) is 11.9. The summed E-state index contributed by atoms with van der Waals surface area (Å²) >= 11 is 0. The van der Waals surface area contributed by atoms with Crippen LogP contribution in [0.2, 0.25) is 5.04 Å². The second kappa shape index (κ2) is 30.1. The Morgan fingerprint density at radius 1 is 0.411 bits per heavy atom. The summed E-state index contributed by atoms with van der Waals surface area (Å²) in [5.74, 6) is 0.704. The number of aldehydes is 1. The van der Waals surface area contributed by atoms with Crippen LogP contribution in [0.4, 0.5) is 0 Å². The molecule has 0 saturated carbocycles. The van der Waals surface area contributed by atoms with Gasteiger partial charge in [-0.3, -0.25) is 4.79 Å². The van der Waals surface area contributed by atoms with Gasteiger partial charge in [-0.1, -0.05) is 81.4 Å². The molecular formula is C43H64O12Si. The Hall–Kier alpha value is -3.05. The van der Waals surface area contributed by atoms with E-state index in [1.54, 1.807) is 24.3 Å². The third kappa shape index (κ3) is 19.4. The van der Waals surface area contributed by atoms with Crippen LogP contribution >= 0.6 is 0 Å². The average molecular weight is 801 g/mol. The highest BCUT2D eigenvalue weighted by atomic mass is 28.4. The first-order valence-corrected chi connectivity index (χ1v) is 21.5. The molecule has 3 aromatic rings. The van der Waals surface area contributed by atoms with Crippen LogP contribution in [0.1, 0.15) is 31.1 Å². The molecule has 0 aliphatic heterocycles. The number of hydrogen-bond acceptors (Lipinski definition) is 12. The molecule has 0 bridgehead atoms. The van der Waals surface area contributed by atoms with Gasteiger partial charge in [-0.25, -0.2) is 0 Å². The number of ether oxygens (including phenoxy) is 10. The van der Waals surface area contributed by atoms with E-state index in [9.17, 15) is 4.79 Å². The molecule has 0 atom stereocenters. The number of carbonyl (C=O) groups excluding carboxylic acids is 1. The second-order valence-electron chi connectivity index (χ2n) is 13.6. The lowest BCUT2D eigenvalue weighted by molar-refractivity contribution is -0.0257. The Labute approximate surface area is 335 Å². The molecule has 12 nitrogen and oxygen atoms in total. The van der Waals surface area contributed by atoms with Gasteiger partial charge < -0.3 is 51.8 Å². The Morgan fingerprint density at radius 2 is 0.714 bits per heavy atom. The van der Waals surface area contributed by atoms with Crippen molar-refractivity contribution in [3.63, 3.8) is 0 Å². The second-order valence-corrected chi connectivity index (χ2v) is 17.9. The van der Waals surface area contributed by atoms with E-state index in [0.717, 1.165) is 6.29 Å². The summed E-state index contributed by atoms with van der Waals surface area (Å²) < 4.78 is 62.6. The third-order valence-corrected chi connectivity index (χ3v) is 13.5. The highest BCUT2D eigenvalue weighted by Crippen LogP contribution is 2.36. The zero-order valence-electron chi connectivity index (χ0n) is 33.7. The summed E-state index contributed by atoms with van der Waals surface area (Å²) in [6.07, 6.45) is 0.800. The summed E-state index contributed by atoms with van der Waals surface area (Å²) in [5.41, 5.74) is 0.618. The molecular weight excluding hydrogens is 737 g/mol. The van der Waals surface area contributed by atoms with Crippen molar-refractivity contribution in [1.29, 1.82) is 0 Å². The maximum absolute atomic E-state index is 10.7. The fourth-order valence-electron chi connectivity index (χ4n) is 5.74. The van der Waals surface area contributed by atoms with Crippen molar-refractivity contribution in [3.8, 4) is 5.75 Å². The van der Waals surface area contributed by atoms with Gasteiger partial charge in [-0.15, -0.1) is 0 Å². The van der Waals surface area contributed by atoms with Gasteiger partial charge in [0.25, 0.3) is 8.32 Å². The first kappa shape index (κ1) is 47.3. The fraction of sp³-hybridized carbons (Fsp3) is 0.558. The minimum Gasteiger partial charge on any atom is -0.491 e. The molecule has 0 radical (unpaired) electrons. The molecule has 0 aromatic heterocycles. The molecule has 0 amide bonds. The van der Waals surface area contributed by atoms with E-state index in [2.05, 4.69) is 81.4 Å². The van der Waals surface area contributed by atoms with Crippen molar-refractivity contribution in [2.75, 3.05) is 132 Å². The molecule has 56 heavy (non-hydrogen) atoms. The van der Waals surface area contributed by atoms with Crippen LogP contribution in [0, 0.1) is 0 Å². The zero-order valence-corrected chi connectivity index (χ0v) is 34.7. The quantitative estimate of drug-likeness (QED) is 0.0470. The van der Waals surface area contributed by atoms with Gasteiger partial charge in [0, 0.05) is 5.56 Å². The van der Waals surface area contributed by atoms with Crippen LogP contribution in [0.15, 0.2) is 84.9 Å². The molecule has 0 heterocycles. The molecule has 0 aliphatic rings. The van der Waals surface area contributed by atoms with Gasteiger partial charge in [0.2, 0.25) is 0 Å². The monoisotopic (exact) mass is 800 g/mol. The van der Waals surface area contributed by atoms with E-state index in [1.807, 2.05) is 0 Å². The van der Waals surface area contributed by atoms with E-state index >= 15 is 0 Å². The maximum atomic E-state index is 10.7. The van der Waals surface area contributed by atoms with Crippen molar-refractivity contribution in [2.24, 2.45) is 0 Å². The van der Waals surface area contributed by atoms with Crippen LogP contribution in [0.25, 0.3) is 0 Å². The van der Waals surface area contributed by atoms with Gasteiger partial charge in [0.05, 0.1) is 126 Å². The fourth-order valence-corrected chi connectivity index (χ4v) is 10.3. The molecule has 0 N–H and O–H groups in total. The zero-order chi connectivity index (χ0) is 39.8. The van der Waals surface area contributed by atoms with Crippen molar-refractivity contribution in [3.05, 3.63) is 90.5 Å². The summed E-state index contributed by atoms with van der Waals surface area (Å²) in [7, 11) is -2.54. The van der Waals surface area contributed by atoms with E-state index in [4.69, 9.17) is 51.8 Å². The van der Waals surface area contributed by atoms with E-state index in [-0.39, 0.29) is 5.04 Å². The number of benzene rings is 3. The van der Waals surface area contributed by atoms with Crippen LogP contribution < -0.4 is 15.1 Å². The van der Waals surface area contributed by atoms with Gasteiger partial charge in [-0.2, -0.15) is 0 Å². The van der Waals surface area contributed by atoms with E-state index < -0.39 is 8.32 Å². The lowest BCUT2D eigenvalue weighted by atomic mass is 10.2. The molecule has 3 aromatic carbocycles. The Kier molecular flexibility index (Phi) is 25.4. The third-order valence-electron chi connectivity index (χ3n) is 8.45. The largest absolute Gasteiger partial charge is 0.491 e. The molecule has 0 spiro atoms. The molecule has 0 unspecified atom stereocenters. The van der Waals surface area contributed by atoms with Crippen LogP contribution in [0.3, 0.4) is 0 Å². The van der Waals surface area contributed by atoms with Gasteiger partial charge >= 0.3 is 0 Å². The highest BCUT2D eigenvalue weighted by Gasteiger charge is 2.50. The topological polar surface area (TPSA) is 119 Å². The number of carbonyl (C=O) groups is 1. The average Bonchev–Trinajstić information content (AvgIpc) is 3.21. The summed E-state index contributed by atoms with van der Waals surface area (Å²) in [6.45, 7) is 16.6. The molecule has 0 aliphatic carbocycles. The predicted octanol–water partition coefficient (Wildman–Crippen LogP) is 4.60. The summed E-state index contributed by atoms with van der Waals surface area (Å²) in [4.78, 5) is 10.7. The molecule has 3 rings (SSSR count). The standard InChI is InChI=1S/C43H64O12Si/c1-43(2,3)56(41-10-6-4-7-11-41,42-12-8-5-9-13-42)55-37-35-53-33-31-51-29-27-49-25-23-47-21-19-45-18-20-46-22-24-48-26-28-50-30-32-52-34-36-54-40-16-14-39(38-44)15-17-40/h4-17,38H,18-37H2,1-3H3. The Balaban J connectivity index is 1.01. The van der Waals surface area contributed by atoms with E-state index in [0.29, 0.717) is 143 Å². The first-order chi connectivity index (χ1) is 27.5. The van der Waals surface area contributed by atoms with Gasteiger partial charge in [-0.05, 0) is 39.7 Å². The first-order valence-electron chi connectivity index (χ1n) is 19.6. The van der Waals surface area contributed by atoms with Crippen molar-refractivity contribution in [2.45, 2.75) is 25.8 Å². The lowest BCUT2D eigenvalue weighted by Crippen LogP contribution is -2.66. The van der Waals surface area contributed by atoms with Crippen molar-refractivity contribution >= 4 is 25.0 Å². The molecule has 312 valence electrons. The molecule has 0 saturated heterocycles. The van der Waals surface area contributed by atoms with Crippen LogP contribution in [-0.2, 0) is 47.1 Å². The lowest BCUT2D eigenvalue weighted by Gasteiger charge is -2.43. The van der Waals surface area contributed by atoms with Gasteiger partial charge in [0.15, 0.2) is 0 Å². The number of rotatable bonds is 35. The minimum atomic E-state index is -2.54. The maximum Gasteiger partial charge on any atom is 0.261 e. The SMILES string of the molecule is CC(C)(C)[Si](OCCOCCOCCOCCOCCOCCOCCOCCOCCOCCOc1ccc(C=O)cc1)(c1ccccc1)c1ccccc1. The number of hydrogen-bond donors (Lipinski definition) is 0. The molecule has 0 fully saturated rings. The van der Waals surface area contributed by atoms with Crippen LogP contribution in [0.5, 0.6) is 5.75 Å². The van der Waals surface area contributed by atoms with E-state index in [1.165, 1.54) is 10.4 Å². The predicted molar refractivity (Wildman–Crippen MR) is 218 cm³/mol.